The molecule has 0 radical (unpaired) electrons. The lowest BCUT2D eigenvalue weighted by Gasteiger charge is -2.36. The highest BCUT2D eigenvalue weighted by Gasteiger charge is 2.39. The summed E-state index contributed by atoms with van der Waals surface area (Å²) in [6, 6.07) is 7.55. The van der Waals surface area contributed by atoms with Crippen molar-refractivity contribution in [2.24, 2.45) is 5.92 Å². The molecule has 0 N–H and O–H groups in total. The Bertz CT molecular complexity index is 727. The molecule has 3 aliphatic rings. The molecule has 3 aliphatic heterocycles. The number of rotatable bonds is 6. The number of amides is 2. The van der Waals surface area contributed by atoms with Gasteiger partial charge < -0.3 is 19.3 Å². The number of benzene rings is 1. The summed E-state index contributed by atoms with van der Waals surface area (Å²) in [5.41, 5.74) is 0.760. The monoisotopic (exact) mass is 401 g/mol. The van der Waals surface area contributed by atoms with Gasteiger partial charge in [-0.25, -0.2) is 0 Å². The van der Waals surface area contributed by atoms with Crippen LogP contribution in [0.5, 0.6) is 5.75 Å². The van der Waals surface area contributed by atoms with E-state index in [4.69, 9.17) is 9.47 Å². The molecule has 2 amide bonds. The molecule has 158 valence electrons. The van der Waals surface area contributed by atoms with Gasteiger partial charge in [0, 0.05) is 52.3 Å². The first-order valence-corrected chi connectivity index (χ1v) is 10.8. The van der Waals surface area contributed by atoms with Crippen molar-refractivity contribution in [2.45, 2.75) is 32.3 Å². The van der Waals surface area contributed by atoms with Crippen molar-refractivity contribution in [3.8, 4) is 5.75 Å². The molecule has 7 heteroatoms. The molecule has 0 aliphatic carbocycles. The average molecular weight is 402 g/mol. The van der Waals surface area contributed by atoms with Gasteiger partial charge in [0.15, 0.2) is 0 Å². The Morgan fingerprint density at radius 1 is 1.21 bits per heavy atom. The highest BCUT2D eigenvalue weighted by molar-refractivity contribution is 6.01. The van der Waals surface area contributed by atoms with E-state index in [2.05, 4.69) is 4.90 Å². The van der Waals surface area contributed by atoms with Crippen molar-refractivity contribution >= 4 is 17.5 Å². The predicted molar refractivity (Wildman–Crippen MR) is 110 cm³/mol. The second kappa shape index (κ2) is 9.13. The Balaban J connectivity index is 1.33. The van der Waals surface area contributed by atoms with E-state index in [0.29, 0.717) is 25.0 Å². The van der Waals surface area contributed by atoms with Gasteiger partial charge in [-0.2, -0.15) is 0 Å². The summed E-state index contributed by atoms with van der Waals surface area (Å²) in [4.78, 5) is 31.7. The lowest BCUT2D eigenvalue weighted by molar-refractivity contribution is -0.137. The van der Waals surface area contributed by atoms with E-state index in [-0.39, 0.29) is 24.2 Å². The summed E-state index contributed by atoms with van der Waals surface area (Å²) in [6.07, 6.45) is 2.92. The molecule has 1 aromatic carbocycles. The molecule has 3 saturated heterocycles. The molecule has 3 fully saturated rings. The first-order valence-electron chi connectivity index (χ1n) is 10.8. The third kappa shape index (κ3) is 4.56. The molecule has 2 unspecified atom stereocenters. The highest BCUT2D eigenvalue weighted by Crippen LogP contribution is 2.33. The zero-order valence-corrected chi connectivity index (χ0v) is 17.2. The fraction of sp³-hybridized carbons (Fsp3) is 0.636. The molecular weight excluding hydrogens is 370 g/mol. The predicted octanol–water partition coefficient (Wildman–Crippen LogP) is 1.76. The standard InChI is InChI=1S/C22H31N3O4/c1-2-28-20-8-4-3-7-19(20)25-15-17(14-21(25)26)22(27)24-11-9-23(10-12-24)16-18-6-5-13-29-18/h3-4,7-8,17-18H,2,5-6,9-16H2,1H3. The maximum atomic E-state index is 13.1. The first-order chi connectivity index (χ1) is 14.2. The number of para-hydroxylation sites is 2. The number of piperazine rings is 1. The molecule has 0 aromatic heterocycles. The summed E-state index contributed by atoms with van der Waals surface area (Å²) in [7, 11) is 0. The van der Waals surface area contributed by atoms with Gasteiger partial charge in [-0.05, 0) is 31.9 Å². The summed E-state index contributed by atoms with van der Waals surface area (Å²) >= 11 is 0. The summed E-state index contributed by atoms with van der Waals surface area (Å²) in [5.74, 6) is 0.514. The summed E-state index contributed by atoms with van der Waals surface area (Å²) in [6.45, 7) is 7.94. The minimum Gasteiger partial charge on any atom is -0.492 e. The van der Waals surface area contributed by atoms with Crippen molar-refractivity contribution < 1.29 is 19.1 Å². The molecule has 0 bridgehead atoms. The second-order valence-corrected chi connectivity index (χ2v) is 8.07. The molecular formula is C22H31N3O4. The zero-order valence-electron chi connectivity index (χ0n) is 17.2. The normalized spacial score (nSPS) is 25.6. The first kappa shape index (κ1) is 20.2. The number of nitrogens with zero attached hydrogens (tertiary/aromatic N) is 3. The lowest BCUT2D eigenvalue weighted by atomic mass is 10.1. The van der Waals surface area contributed by atoms with E-state index in [9.17, 15) is 9.59 Å². The topological polar surface area (TPSA) is 62.3 Å². The van der Waals surface area contributed by atoms with Crippen molar-refractivity contribution in [1.82, 2.24) is 9.80 Å². The number of carbonyl (C=O) groups is 2. The molecule has 7 nitrogen and oxygen atoms in total. The van der Waals surface area contributed by atoms with Gasteiger partial charge in [0.05, 0.1) is 24.3 Å². The van der Waals surface area contributed by atoms with Crippen molar-refractivity contribution in [2.75, 3.05) is 57.4 Å². The molecule has 1 aromatic rings. The largest absolute Gasteiger partial charge is 0.492 e. The number of carbonyl (C=O) groups excluding carboxylic acids is 2. The molecule has 3 heterocycles. The maximum absolute atomic E-state index is 13.1. The van der Waals surface area contributed by atoms with Crippen molar-refractivity contribution in [1.29, 1.82) is 0 Å². The minimum atomic E-state index is -0.276. The van der Waals surface area contributed by atoms with Crippen LogP contribution < -0.4 is 9.64 Å². The third-order valence-electron chi connectivity index (χ3n) is 6.10. The number of hydrogen-bond acceptors (Lipinski definition) is 5. The van der Waals surface area contributed by atoms with Crippen LogP contribution in [0.25, 0.3) is 0 Å². The Hall–Kier alpha value is -2.12. The number of anilines is 1. The van der Waals surface area contributed by atoms with Crippen molar-refractivity contribution in [3.05, 3.63) is 24.3 Å². The minimum absolute atomic E-state index is 0.00692. The molecule has 0 spiro atoms. The maximum Gasteiger partial charge on any atom is 0.228 e. The van der Waals surface area contributed by atoms with Gasteiger partial charge in [0.25, 0.3) is 0 Å². The molecule has 0 saturated carbocycles. The summed E-state index contributed by atoms with van der Waals surface area (Å²) < 4.78 is 11.4. The number of hydrogen-bond donors (Lipinski definition) is 0. The van der Waals surface area contributed by atoms with Crippen LogP contribution in [0.15, 0.2) is 24.3 Å². The molecule has 4 rings (SSSR count). The average Bonchev–Trinajstić information content (AvgIpc) is 3.38. The van der Waals surface area contributed by atoms with E-state index in [1.54, 1.807) is 4.90 Å². The Morgan fingerprint density at radius 3 is 2.72 bits per heavy atom. The van der Waals surface area contributed by atoms with Gasteiger partial charge in [-0.1, -0.05) is 12.1 Å². The van der Waals surface area contributed by atoms with Gasteiger partial charge in [-0.3, -0.25) is 14.5 Å². The van der Waals surface area contributed by atoms with Crippen LogP contribution in [0.1, 0.15) is 26.2 Å². The molecule has 2 atom stereocenters. The van der Waals surface area contributed by atoms with Gasteiger partial charge in [0.2, 0.25) is 11.8 Å². The van der Waals surface area contributed by atoms with Crippen LogP contribution in [-0.4, -0.2) is 80.2 Å². The van der Waals surface area contributed by atoms with Crippen LogP contribution in [0.2, 0.25) is 0 Å². The smallest absolute Gasteiger partial charge is 0.228 e. The zero-order chi connectivity index (χ0) is 20.2. The van der Waals surface area contributed by atoms with Gasteiger partial charge in [-0.15, -0.1) is 0 Å². The number of ether oxygens (including phenoxy) is 2. The van der Waals surface area contributed by atoms with Crippen LogP contribution in [0.3, 0.4) is 0 Å². The lowest BCUT2D eigenvalue weighted by Crippen LogP contribution is -2.52. The van der Waals surface area contributed by atoms with E-state index in [1.165, 1.54) is 0 Å². The van der Waals surface area contributed by atoms with Crippen LogP contribution in [-0.2, 0) is 14.3 Å². The second-order valence-electron chi connectivity index (χ2n) is 8.07. The van der Waals surface area contributed by atoms with E-state index in [1.807, 2.05) is 36.1 Å². The molecule has 29 heavy (non-hydrogen) atoms. The summed E-state index contributed by atoms with van der Waals surface area (Å²) in [5, 5.41) is 0. The fourth-order valence-corrected chi connectivity index (χ4v) is 4.55. The van der Waals surface area contributed by atoms with Crippen LogP contribution >= 0.6 is 0 Å². The Morgan fingerprint density at radius 2 is 2.00 bits per heavy atom. The quantitative estimate of drug-likeness (QED) is 0.727. The highest BCUT2D eigenvalue weighted by atomic mass is 16.5. The Labute approximate surface area is 172 Å². The Kier molecular flexibility index (Phi) is 6.35. The van der Waals surface area contributed by atoms with Gasteiger partial charge in [0.1, 0.15) is 5.75 Å². The van der Waals surface area contributed by atoms with Crippen LogP contribution in [0, 0.1) is 5.92 Å². The van der Waals surface area contributed by atoms with Crippen LogP contribution in [0.4, 0.5) is 5.69 Å². The van der Waals surface area contributed by atoms with E-state index < -0.39 is 0 Å². The third-order valence-corrected chi connectivity index (χ3v) is 6.10. The fourth-order valence-electron chi connectivity index (χ4n) is 4.55. The van der Waals surface area contributed by atoms with E-state index >= 15 is 0 Å². The van der Waals surface area contributed by atoms with Crippen molar-refractivity contribution in [3.63, 3.8) is 0 Å². The SMILES string of the molecule is CCOc1ccccc1N1CC(C(=O)N2CCN(CC3CCCO3)CC2)CC1=O. The van der Waals surface area contributed by atoms with E-state index in [0.717, 1.165) is 57.9 Å². The van der Waals surface area contributed by atoms with Gasteiger partial charge >= 0.3 is 0 Å².